The Labute approximate surface area is 128 Å². The van der Waals surface area contributed by atoms with Gasteiger partial charge in [0.25, 0.3) is 0 Å². The van der Waals surface area contributed by atoms with Gasteiger partial charge in [0.2, 0.25) is 0 Å². The molecule has 0 bridgehead atoms. The molecular formula is C18H28N2O. The highest BCUT2D eigenvalue weighted by Gasteiger charge is 2.20. The lowest BCUT2D eigenvalue weighted by Crippen LogP contribution is -2.42. The predicted molar refractivity (Wildman–Crippen MR) is 87.9 cm³/mol. The minimum atomic E-state index is 0.318. The number of nitrogens with zero attached hydrogens (tertiary/aromatic N) is 1. The first kappa shape index (κ1) is 14.7. The first-order valence-electron chi connectivity index (χ1n) is 8.48. The largest absolute Gasteiger partial charge is 0.490 e. The van der Waals surface area contributed by atoms with E-state index in [-0.39, 0.29) is 0 Å². The fraction of sp³-hybridized carbons (Fsp3) is 0.667. The van der Waals surface area contributed by atoms with Crippen LogP contribution >= 0.6 is 0 Å². The van der Waals surface area contributed by atoms with E-state index in [0.29, 0.717) is 12.1 Å². The molecule has 1 aliphatic heterocycles. The van der Waals surface area contributed by atoms with E-state index in [1.807, 2.05) is 0 Å². The molecule has 1 saturated heterocycles. The first-order chi connectivity index (χ1) is 10.2. The zero-order chi connectivity index (χ0) is 14.7. The number of anilines is 1. The normalized spacial score (nSPS) is 30.2. The Morgan fingerprint density at radius 2 is 1.76 bits per heavy atom. The Kier molecular flexibility index (Phi) is 4.69. The van der Waals surface area contributed by atoms with Crippen LogP contribution in [-0.4, -0.2) is 25.2 Å². The van der Waals surface area contributed by atoms with Crippen LogP contribution in [0.25, 0.3) is 0 Å². The highest BCUT2D eigenvalue weighted by Crippen LogP contribution is 2.28. The molecule has 1 heterocycles. The molecular weight excluding hydrogens is 260 g/mol. The summed E-state index contributed by atoms with van der Waals surface area (Å²) < 4.78 is 6.12. The van der Waals surface area contributed by atoms with Crippen molar-refractivity contribution in [2.45, 2.75) is 57.6 Å². The lowest BCUT2D eigenvalue weighted by molar-refractivity contribution is 0.135. The molecule has 116 valence electrons. The Balaban J connectivity index is 1.56. The van der Waals surface area contributed by atoms with Crippen LogP contribution in [-0.2, 0) is 0 Å². The second kappa shape index (κ2) is 6.69. The molecule has 3 rings (SSSR count). The van der Waals surface area contributed by atoms with E-state index in [2.05, 4.69) is 36.1 Å². The molecule has 3 heteroatoms. The highest BCUT2D eigenvalue weighted by molar-refractivity contribution is 5.49. The monoisotopic (exact) mass is 288 g/mol. The van der Waals surface area contributed by atoms with Crippen molar-refractivity contribution in [2.75, 3.05) is 18.0 Å². The van der Waals surface area contributed by atoms with Crippen molar-refractivity contribution in [1.82, 2.24) is 0 Å². The smallest absolute Gasteiger partial charge is 0.119 e. The third-order valence-electron chi connectivity index (χ3n) is 4.93. The minimum absolute atomic E-state index is 0.318. The van der Waals surface area contributed by atoms with Crippen molar-refractivity contribution in [2.24, 2.45) is 11.7 Å². The van der Waals surface area contributed by atoms with Crippen LogP contribution in [0.15, 0.2) is 24.3 Å². The van der Waals surface area contributed by atoms with Crippen LogP contribution in [0.4, 0.5) is 5.69 Å². The van der Waals surface area contributed by atoms with Gasteiger partial charge in [-0.3, -0.25) is 0 Å². The lowest BCUT2D eigenvalue weighted by Gasteiger charge is -2.32. The van der Waals surface area contributed by atoms with Crippen LogP contribution < -0.4 is 15.4 Å². The third kappa shape index (κ3) is 3.91. The summed E-state index contributed by atoms with van der Waals surface area (Å²) in [7, 11) is 0. The average Bonchev–Trinajstić information content (AvgIpc) is 2.50. The molecule has 1 unspecified atom stereocenters. The van der Waals surface area contributed by atoms with Gasteiger partial charge in [-0.1, -0.05) is 6.92 Å². The fourth-order valence-corrected chi connectivity index (χ4v) is 3.52. The zero-order valence-electron chi connectivity index (χ0n) is 13.1. The van der Waals surface area contributed by atoms with Gasteiger partial charge in [-0.15, -0.1) is 0 Å². The van der Waals surface area contributed by atoms with Crippen LogP contribution in [0, 0.1) is 5.92 Å². The molecule has 0 spiro atoms. The van der Waals surface area contributed by atoms with E-state index in [1.54, 1.807) is 0 Å². The summed E-state index contributed by atoms with van der Waals surface area (Å²) in [5.41, 5.74) is 7.33. The van der Waals surface area contributed by atoms with E-state index >= 15 is 0 Å². The van der Waals surface area contributed by atoms with Gasteiger partial charge >= 0.3 is 0 Å². The number of ether oxygens (including phenoxy) is 1. The van der Waals surface area contributed by atoms with Crippen molar-refractivity contribution in [3.05, 3.63) is 24.3 Å². The summed E-state index contributed by atoms with van der Waals surface area (Å²) in [6.45, 7) is 4.43. The molecule has 1 aromatic carbocycles. The van der Waals surface area contributed by atoms with Gasteiger partial charge in [0.05, 0.1) is 6.10 Å². The van der Waals surface area contributed by atoms with Gasteiger partial charge in [0.1, 0.15) is 5.75 Å². The second-order valence-corrected chi connectivity index (χ2v) is 6.84. The summed E-state index contributed by atoms with van der Waals surface area (Å²) in [5.74, 6) is 1.88. The quantitative estimate of drug-likeness (QED) is 0.924. The van der Waals surface area contributed by atoms with Gasteiger partial charge in [-0.25, -0.2) is 0 Å². The Morgan fingerprint density at radius 1 is 1.05 bits per heavy atom. The molecule has 2 aliphatic rings. The highest BCUT2D eigenvalue weighted by atomic mass is 16.5. The lowest BCUT2D eigenvalue weighted by atomic mass is 9.89. The van der Waals surface area contributed by atoms with E-state index in [4.69, 9.17) is 10.5 Å². The van der Waals surface area contributed by atoms with Crippen molar-refractivity contribution in [3.8, 4) is 5.75 Å². The second-order valence-electron chi connectivity index (χ2n) is 6.84. The molecule has 2 fully saturated rings. The molecule has 1 aromatic rings. The number of rotatable bonds is 3. The van der Waals surface area contributed by atoms with Crippen molar-refractivity contribution < 1.29 is 4.74 Å². The van der Waals surface area contributed by atoms with Crippen LogP contribution in [0.3, 0.4) is 0 Å². The van der Waals surface area contributed by atoms with Crippen molar-refractivity contribution in [3.63, 3.8) is 0 Å². The molecule has 0 radical (unpaired) electrons. The number of hydrogen-bond acceptors (Lipinski definition) is 3. The van der Waals surface area contributed by atoms with Crippen molar-refractivity contribution >= 4 is 5.69 Å². The fourth-order valence-electron chi connectivity index (χ4n) is 3.52. The molecule has 1 aliphatic carbocycles. The van der Waals surface area contributed by atoms with Gasteiger partial charge in [-0.05, 0) is 68.7 Å². The van der Waals surface area contributed by atoms with E-state index < -0.39 is 0 Å². The van der Waals surface area contributed by atoms with Crippen LogP contribution in [0.1, 0.15) is 45.4 Å². The summed E-state index contributed by atoms with van der Waals surface area (Å²) in [6, 6.07) is 8.91. The molecule has 0 amide bonds. The molecule has 2 N–H and O–H groups in total. The van der Waals surface area contributed by atoms with Gasteiger partial charge in [0.15, 0.2) is 0 Å². The minimum Gasteiger partial charge on any atom is -0.490 e. The molecule has 1 saturated carbocycles. The molecule has 1 atom stereocenters. The SMILES string of the molecule is CC1CCC(Oc2ccc(N3CCCC(N)C3)cc2)CC1. The van der Waals surface area contributed by atoms with Gasteiger partial charge < -0.3 is 15.4 Å². The first-order valence-corrected chi connectivity index (χ1v) is 8.48. The maximum absolute atomic E-state index is 6.12. The number of hydrogen-bond donors (Lipinski definition) is 1. The summed E-state index contributed by atoms with van der Waals surface area (Å²) in [4.78, 5) is 2.39. The number of nitrogens with two attached hydrogens (primary N) is 1. The number of piperidine rings is 1. The predicted octanol–water partition coefficient (Wildman–Crippen LogP) is 3.57. The van der Waals surface area contributed by atoms with Crippen molar-refractivity contribution in [1.29, 1.82) is 0 Å². The Morgan fingerprint density at radius 3 is 2.43 bits per heavy atom. The Bertz CT molecular complexity index is 437. The topological polar surface area (TPSA) is 38.5 Å². The maximum atomic E-state index is 6.12. The summed E-state index contributed by atoms with van der Waals surface area (Å²) in [5, 5.41) is 0. The van der Waals surface area contributed by atoms with E-state index in [1.165, 1.54) is 37.8 Å². The third-order valence-corrected chi connectivity index (χ3v) is 4.93. The summed E-state index contributed by atoms with van der Waals surface area (Å²) in [6.07, 6.45) is 7.75. The van der Waals surface area contributed by atoms with Gasteiger partial charge in [-0.2, -0.15) is 0 Å². The van der Waals surface area contributed by atoms with Crippen LogP contribution in [0.2, 0.25) is 0 Å². The zero-order valence-corrected chi connectivity index (χ0v) is 13.1. The standard InChI is InChI=1S/C18H28N2O/c1-14-4-8-17(9-5-14)21-18-10-6-16(7-11-18)20-12-2-3-15(19)13-20/h6-7,10-11,14-15,17H,2-5,8-9,12-13,19H2,1H3. The van der Waals surface area contributed by atoms with E-state index in [0.717, 1.165) is 31.2 Å². The van der Waals surface area contributed by atoms with E-state index in [9.17, 15) is 0 Å². The van der Waals surface area contributed by atoms with Gasteiger partial charge in [0, 0.05) is 24.8 Å². The molecule has 21 heavy (non-hydrogen) atoms. The average molecular weight is 288 g/mol. The maximum Gasteiger partial charge on any atom is 0.119 e. The molecule has 3 nitrogen and oxygen atoms in total. The van der Waals surface area contributed by atoms with Crippen LogP contribution in [0.5, 0.6) is 5.75 Å². The Hall–Kier alpha value is -1.22. The number of benzene rings is 1. The summed E-state index contributed by atoms with van der Waals surface area (Å²) >= 11 is 0. The molecule has 0 aromatic heterocycles.